The Morgan fingerprint density at radius 2 is 2.04 bits per heavy atom. The Hall–Kier alpha value is -2.47. The van der Waals surface area contributed by atoms with E-state index in [1.807, 2.05) is 30.3 Å². The Labute approximate surface area is 140 Å². The highest BCUT2D eigenvalue weighted by Gasteiger charge is 2.26. The molecule has 0 saturated heterocycles. The van der Waals surface area contributed by atoms with Gasteiger partial charge in [0.15, 0.2) is 0 Å². The van der Waals surface area contributed by atoms with Crippen molar-refractivity contribution in [2.45, 2.75) is 18.8 Å². The molecule has 2 amide bonds. The van der Waals surface area contributed by atoms with E-state index >= 15 is 0 Å². The van der Waals surface area contributed by atoms with Gasteiger partial charge in [-0.15, -0.1) is 0 Å². The van der Waals surface area contributed by atoms with E-state index in [2.05, 4.69) is 15.6 Å². The molecule has 0 spiro atoms. The second-order valence-electron chi connectivity index (χ2n) is 5.91. The van der Waals surface area contributed by atoms with E-state index in [1.165, 1.54) is 0 Å². The van der Waals surface area contributed by atoms with Gasteiger partial charge in [-0.05, 0) is 25.0 Å². The summed E-state index contributed by atoms with van der Waals surface area (Å²) in [5, 5.41) is 6.17. The first-order valence-corrected chi connectivity index (χ1v) is 8.12. The number of benzene rings is 1. The number of amides is 2. The molecule has 0 bridgehead atoms. The zero-order valence-electron chi connectivity index (χ0n) is 13.7. The second-order valence-corrected chi connectivity index (χ2v) is 5.91. The molecule has 1 aliphatic rings. The van der Waals surface area contributed by atoms with Crippen LogP contribution in [0, 0.1) is 0 Å². The third-order valence-electron chi connectivity index (χ3n) is 4.01. The number of pyridine rings is 1. The molecule has 1 aromatic carbocycles. The molecule has 0 unspecified atom stereocenters. The second kappa shape index (κ2) is 7.40. The van der Waals surface area contributed by atoms with Crippen LogP contribution in [0.25, 0.3) is 10.9 Å². The summed E-state index contributed by atoms with van der Waals surface area (Å²) in [4.78, 5) is 28.9. The lowest BCUT2D eigenvalue weighted by Crippen LogP contribution is -2.38. The average Bonchev–Trinajstić information content (AvgIpc) is 3.44. The van der Waals surface area contributed by atoms with Crippen LogP contribution in [-0.4, -0.2) is 43.6 Å². The largest absolute Gasteiger partial charge is 0.383 e. The van der Waals surface area contributed by atoms with E-state index in [0.717, 1.165) is 29.4 Å². The highest BCUT2D eigenvalue weighted by atomic mass is 16.5. The van der Waals surface area contributed by atoms with Crippen molar-refractivity contribution >= 4 is 22.7 Å². The summed E-state index contributed by atoms with van der Waals surface area (Å²) in [6, 6.07) is 9.45. The molecule has 1 heterocycles. The molecule has 24 heavy (non-hydrogen) atoms. The van der Waals surface area contributed by atoms with Crippen LogP contribution in [0.4, 0.5) is 0 Å². The van der Waals surface area contributed by atoms with Gasteiger partial charge < -0.3 is 15.4 Å². The van der Waals surface area contributed by atoms with Gasteiger partial charge in [0, 0.05) is 30.7 Å². The first kappa shape index (κ1) is 16.4. The van der Waals surface area contributed by atoms with Crippen molar-refractivity contribution in [3.05, 3.63) is 41.6 Å². The number of methoxy groups -OCH3 is 1. The fourth-order valence-corrected chi connectivity index (χ4v) is 2.58. The zero-order chi connectivity index (χ0) is 16.9. The standard InChI is InChI=1S/C18H21N3O3/c1-24-9-8-19-17(22)11-20-18(23)14-10-16(12-6-7-12)21-15-5-3-2-4-13(14)15/h2-5,10,12H,6-9,11H2,1H3,(H,19,22)(H,20,23). The van der Waals surface area contributed by atoms with Crippen molar-refractivity contribution in [3.63, 3.8) is 0 Å². The van der Waals surface area contributed by atoms with Crippen molar-refractivity contribution in [2.24, 2.45) is 0 Å². The third-order valence-corrected chi connectivity index (χ3v) is 4.01. The molecule has 0 atom stereocenters. The molecule has 2 N–H and O–H groups in total. The average molecular weight is 327 g/mol. The molecule has 126 valence electrons. The molecule has 6 nitrogen and oxygen atoms in total. The van der Waals surface area contributed by atoms with E-state index in [1.54, 1.807) is 7.11 Å². The van der Waals surface area contributed by atoms with Crippen LogP contribution in [0.2, 0.25) is 0 Å². The van der Waals surface area contributed by atoms with Gasteiger partial charge in [0.05, 0.1) is 24.2 Å². The Bertz CT molecular complexity index is 756. The molecular formula is C18H21N3O3. The third kappa shape index (κ3) is 3.89. The van der Waals surface area contributed by atoms with E-state index in [0.29, 0.717) is 24.6 Å². The fraction of sp³-hybridized carbons (Fsp3) is 0.389. The first-order valence-electron chi connectivity index (χ1n) is 8.12. The highest BCUT2D eigenvalue weighted by molar-refractivity contribution is 6.07. The zero-order valence-corrected chi connectivity index (χ0v) is 13.7. The number of nitrogens with one attached hydrogen (secondary N) is 2. The van der Waals surface area contributed by atoms with Crippen LogP contribution < -0.4 is 10.6 Å². The summed E-state index contributed by atoms with van der Waals surface area (Å²) in [6.45, 7) is 0.812. The summed E-state index contributed by atoms with van der Waals surface area (Å²) in [7, 11) is 1.57. The van der Waals surface area contributed by atoms with Crippen LogP contribution in [-0.2, 0) is 9.53 Å². The Morgan fingerprint density at radius 3 is 2.79 bits per heavy atom. The highest BCUT2D eigenvalue weighted by Crippen LogP contribution is 2.40. The Morgan fingerprint density at radius 1 is 1.25 bits per heavy atom. The lowest BCUT2D eigenvalue weighted by molar-refractivity contribution is -0.120. The number of ether oxygens (including phenoxy) is 1. The minimum absolute atomic E-state index is 0.0576. The van der Waals surface area contributed by atoms with E-state index in [-0.39, 0.29) is 18.4 Å². The number of hydrogen-bond donors (Lipinski definition) is 2. The normalized spacial score (nSPS) is 13.7. The number of rotatable bonds is 7. The maximum absolute atomic E-state index is 12.5. The number of carbonyl (C=O) groups is 2. The Balaban J connectivity index is 1.73. The monoisotopic (exact) mass is 327 g/mol. The van der Waals surface area contributed by atoms with E-state index < -0.39 is 0 Å². The van der Waals surface area contributed by atoms with Gasteiger partial charge in [-0.1, -0.05) is 18.2 Å². The molecule has 1 aliphatic carbocycles. The van der Waals surface area contributed by atoms with Crippen LogP contribution >= 0.6 is 0 Å². The van der Waals surface area contributed by atoms with Crippen LogP contribution in [0.3, 0.4) is 0 Å². The van der Waals surface area contributed by atoms with E-state index in [4.69, 9.17) is 4.74 Å². The molecule has 6 heteroatoms. The topological polar surface area (TPSA) is 80.3 Å². The van der Waals surface area contributed by atoms with Gasteiger partial charge in [0.25, 0.3) is 5.91 Å². The fourth-order valence-electron chi connectivity index (χ4n) is 2.58. The summed E-state index contributed by atoms with van der Waals surface area (Å²) in [6.07, 6.45) is 2.24. The predicted octanol–water partition coefficient (Wildman–Crippen LogP) is 1.60. The summed E-state index contributed by atoms with van der Waals surface area (Å²) < 4.78 is 4.87. The predicted molar refractivity (Wildman–Crippen MR) is 90.9 cm³/mol. The summed E-state index contributed by atoms with van der Waals surface area (Å²) >= 11 is 0. The number of carbonyl (C=O) groups excluding carboxylic acids is 2. The number of fused-ring (bicyclic) bond motifs is 1. The smallest absolute Gasteiger partial charge is 0.252 e. The van der Waals surface area contributed by atoms with Gasteiger partial charge in [0.1, 0.15) is 0 Å². The molecule has 0 aliphatic heterocycles. The van der Waals surface area contributed by atoms with Crippen molar-refractivity contribution < 1.29 is 14.3 Å². The molecule has 3 rings (SSSR count). The number of nitrogens with zero attached hydrogens (tertiary/aromatic N) is 1. The summed E-state index contributed by atoms with van der Waals surface area (Å²) in [5.41, 5.74) is 2.35. The molecule has 2 aromatic rings. The minimum atomic E-state index is -0.252. The quantitative estimate of drug-likeness (QED) is 0.757. The SMILES string of the molecule is COCCNC(=O)CNC(=O)c1cc(C2CC2)nc2ccccc12. The van der Waals surface area contributed by atoms with Crippen molar-refractivity contribution in [1.82, 2.24) is 15.6 Å². The van der Waals surface area contributed by atoms with Gasteiger partial charge in [0.2, 0.25) is 5.91 Å². The van der Waals surface area contributed by atoms with Gasteiger partial charge in [-0.25, -0.2) is 0 Å². The van der Waals surface area contributed by atoms with Gasteiger partial charge >= 0.3 is 0 Å². The number of aromatic nitrogens is 1. The first-order chi connectivity index (χ1) is 11.7. The summed E-state index contributed by atoms with van der Waals surface area (Å²) in [5.74, 6) is -0.0305. The maximum atomic E-state index is 12.5. The number of hydrogen-bond acceptors (Lipinski definition) is 4. The molecule has 1 saturated carbocycles. The van der Waals surface area contributed by atoms with Gasteiger partial charge in [-0.2, -0.15) is 0 Å². The maximum Gasteiger partial charge on any atom is 0.252 e. The number of para-hydroxylation sites is 1. The lowest BCUT2D eigenvalue weighted by Gasteiger charge is -2.10. The molecule has 0 radical (unpaired) electrons. The molecule has 1 aromatic heterocycles. The Kier molecular flexibility index (Phi) is 5.05. The van der Waals surface area contributed by atoms with Crippen molar-refractivity contribution in [2.75, 3.05) is 26.8 Å². The van der Waals surface area contributed by atoms with Crippen molar-refractivity contribution in [3.8, 4) is 0 Å². The van der Waals surface area contributed by atoms with Crippen LogP contribution in [0.5, 0.6) is 0 Å². The van der Waals surface area contributed by atoms with Crippen LogP contribution in [0.15, 0.2) is 30.3 Å². The van der Waals surface area contributed by atoms with Crippen molar-refractivity contribution in [1.29, 1.82) is 0 Å². The minimum Gasteiger partial charge on any atom is -0.383 e. The lowest BCUT2D eigenvalue weighted by atomic mass is 10.1. The molecule has 1 fully saturated rings. The van der Waals surface area contributed by atoms with Gasteiger partial charge in [-0.3, -0.25) is 14.6 Å². The van der Waals surface area contributed by atoms with Crippen LogP contribution in [0.1, 0.15) is 34.8 Å². The molecular weight excluding hydrogens is 306 g/mol. The van der Waals surface area contributed by atoms with E-state index in [9.17, 15) is 9.59 Å².